The Hall–Kier alpha value is -3.27. The molecule has 0 saturated heterocycles. The van der Waals surface area contributed by atoms with Gasteiger partial charge in [0.2, 0.25) is 6.79 Å². The van der Waals surface area contributed by atoms with Crippen LogP contribution in [0.2, 0.25) is 0 Å². The Morgan fingerprint density at radius 3 is 2.80 bits per heavy atom. The summed E-state index contributed by atoms with van der Waals surface area (Å²) in [4.78, 5) is 24.1. The monoisotopic (exact) mass is 477 g/mol. The predicted octanol–water partition coefficient (Wildman–Crippen LogP) is 2.47. The number of fused-ring (bicyclic) bond motifs is 1. The van der Waals surface area contributed by atoms with Gasteiger partial charge >= 0.3 is 0 Å². The number of methoxy groups -OCH3 is 1. The minimum absolute atomic E-state index is 0.123. The van der Waals surface area contributed by atoms with Gasteiger partial charge in [-0.1, -0.05) is 0 Å². The van der Waals surface area contributed by atoms with E-state index in [1.165, 1.54) is 6.21 Å². The fourth-order valence-corrected chi connectivity index (χ4v) is 3.26. The van der Waals surface area contributed by atoms with Gasteiger partial charge in [-0.15, -0.1) is 0 Å². The van der Waals surface area contributed by atoms with Gasteiger partial charge in [0.15, 0.2) is 23.0 Å². The average molecular weight is 478 g/mol. The quantitative estimate of drug-likeness (QED) is 0.446. The van der Waals surface area contributed by atoms with Crippen molar-refractivity contribution in [3.05, 3.63) is 45.9 Å². The number of benzene rings is 2. The first-order valence-corrected chi connectivity index (χ1v) is 9.81. The highest BCUT2D eigenvalue weighted by atomic mass is 79.9. The number of nitrogens with one attached hydrogen (secondary N) is 2. The van der Waals surface area contributed by atoms with Crippen molar-refractivity contribution >= 4 is 34.0 Å². The second-order valence-corrected chi connectivity index (χ2v) is 6.87. The lowest BCUT2D eigenvalue weighted by Gasteiger charge is -2.11. The molecule has 0 atom stereocenters. The number of carbonyl (C=O) groups excluding carboxylic acids is 2. The molecule has 2 N–H and O–H groups in total. The Bertz CT molecular complexity index is 979. The van der Waals surface area contributed by atoms with E-state index < -0.39 is 11.8 Å². The molecule has 158 valence electrons. The van der Waals surface area contributed by atoms with Crippen LogP contribution in [0.15, 0.2) is 39.9 Å². The third kappa shape index (κ3) is 5.20. The zero-order valence-corrected chi connectivity index (χ0v) is 17.9. The van der Waals surface area contributed by atoms with E-state index in [4.69, 9.17) is 18.9 Å². The summed E-state index contributed by atoms with van der Waals surface area (Å²) in [6.07, 6.45) is 1.46. The average Bonchev–Trinajstić information content (AvgIpc) is 3.20. The Kier molecular flexibility index (Phi) is 7.12. The molecular weight excluding hydrogens is 458 g/mol. The van der Waals surface area contributed by atoms with E-state index in [9.17, 15) is 9.59 Å². The molecule has 3 rings (SSSR count). The lowest BCUT2D eigenvalue weighted by atomic mass is 10.2. The number of nitrogens with zero attached hydrogens (tertiary/aromatic N) is 1. The molecule has 1 heterocycles. The number of hydrazone groups is 1. The van der Waals surface area contributed by atoms with Crippen LogP contribution in [0, 0.1) is 0 Å². The molecule has 30 heavy (non-hydrogen) atoms. The Labute approximate surface area is 181 Å². The van der Waals surface area contributed by atoms with Crippen LogP contribution in [0.1, 0.15) is 22.8 Å². The van der Waals surface area contributed by atoms with Gasteiger partial charge in [0.25, 0.3) is 11.8 Å². The summed E-state index contributed by atoms with van der Waals surface area (Å²) < 4.78 is 22.0. The van der Waals surface area contributed by atoms with Crippen LogP contribution in [0.4, 0.5) is 0 Å². The summed E-state index contributed by atoms with van der Waals surface area (Å²) in [6, 6.07) is 8.31. The van der Waals surface area contributed by atoms with E-state index in [0.717, 1.165) is 0 Å². The van der Waals surface area contributed by atoms with Crippen LogP contribution in [0.25, 0.3) is 0 Å². The molecular formula is C20H20BrN3O6. The van der Waals surface area contributed by atoms with Crippen LogP contribution >= 0.6 is 15.9 Å². The van der Waals surface area contributed by atoms with Gasteiger partial charge in [-0.05, 0) is 58.7 Å². The van der Waals surface area contributed by atoms with Crippen molar-refractivity contribution < 1.29 is 28.5 Å². The number of carbonyl (C=O) groups is 2. The van der Waals surface area contributed by atoms with Crippen molar-refractivity contribution in [1.82, 2.24) is 10.7 Å². The summed E-state index contributed by atoms with van der Waals surface area (Å²) in [5, 5.41) is 6.43. The lowest BCUT2D eigenvalue weighted by molar-refractivity contribution is -0.120. The molecule has 0 spiro atoms. The standard InChI is InChI=1S/C20H20BrN3O6/c1-3-28-17-7-12(6-14(21)19(17)27-2)9-23-24-18(25)10-22-20(26)13-4-5-15-16(8-13)30-11-29-15/h4-9H,3,10-11H2,1-2H3,(H,22,26)(H,24,25). The highest BCUT2D eigenvalue weighted by molar-refractivity contribution is 9.10. The van der Waals surface area contributed by atoms with Crippen molar-refractivity contribution in [1.29, 1.82) is 0 Å². The number of hydrogen-bond acceptors (Lipinski definition) is 7. The Morgan fingerprint density at radius 2 is 2.03 bits per heavy atom. The SMILES string of the molecule is CCOc1cc(C=NNC(=O)CNC(=O)c2ccc3c(c2)OCO3)cc(Br)c1OC. The van der Waals surface area contributed by atoms with Crippen LogP contribution in [-0.2, 0) is 4.79 Å². The molecule has 0 radical (unpaired) electrons. The topological polar surface area (TPSA) is 107 Å². The first-order valence-electron chi connectivity index (χ1n) is 9.02. The van der Waals surface area contributed by atoms with Gasteiger partial charge in [-0.25, -0.2) is 5.43 Å². The van der Waals surface area contributed by atoms with E-state index in [2.05, 4.69) is 31.8 Å². The van der Waals surface area contributed by atoms with Gasteiger partial charge in [-0.3, -0.25) is 9.59 Å². The molecule has 2 amide bonds. The lowest BCUT2D eigenvalue weighted by Crippen LogP contribution is -2.34. The third-order valence-electron chi connectivity index (χ3n) is 3.98. The van der Waals surface area contributed by atoms with E-state index in [-0.39, 0.29) is 13.3 Å². The summed E-state index contributed by atoms with van der Waals surface area (Å²) in [5.41, 5.74) is 3.42. The Balaban J connectivity index is 1.53. The number of rotatable bonds is 8. The zero-order valence-electron chi connectivity index (χ0n) is 16.4. The fraction of sp³-hybridized carbons (Fsp3) is 0.250. The fourth-order valence-electron chi connectivity index (χ4n) is 2.64. The smallest absolute Gasteiger partial charge is 0.259 e. The normalized spacial score (nSPS) is 12.0. The first kappa shape index (κ1) is 21.4. The largest absolute Gasteiger partial charge is 0.492 e. The molecule has 1 aliphatic heterocycles. The molecule has 1 aliphatic rings. The van der Waals surface area contributed by atoms with Gasteiger partial charge in [-0.2, -0.15) is 5.10 Å². The van der Waals surface area contributed by atoms with E-state index in [1.54, 1.807) is 37.4 Å². The van der Waals surface area contributed by atoms with Crippen LogP contribution in [0.5, 0.6) is 23.0 Å². The van der Waals surface area contributed by atoms with E-state index >= 15 is 0 Å². The maximum atomic E-state index is 12.2. The van der Waals surface area contributed by atoms with Gasteiger partial charge in [0.05, 0.1) is 30.9 Å². The zero-order chi connectivity index (χ0) is 21.5. The second kappa shape index (κ2) is 9.97. The molecule has 0 aliphatic carbocycles. The number of halogens is 1. The van der Waals surface area contributed by atoms with Gasteiger partial charge in [0.1, 0.15) is 0 Å². The molecule has 0 saturated carbocycles. The third-order valence-corrected chi connectivity index (χ3v) is 4.57. The maximum absolute atomic E-state index is 12.2. The number of ether oxygens (including phenoxy) is 4. The van der Waals surface area contributed by atoms with Crippen molar-refractivity contribution in [2.24, 2.45) is 5.10 Å². The maximum Gasteiger partial charge on any atom is 0.259 e. The molecule has 9 nitrogen and oxygen atoms in total. The molecule has 0 aromatic heterocycles. The first-order chi connectivity index (χ1) is 14.5. The molecule has 10 heteroatoms. The highest BCUT2D eigenvalue weighted by Crippen LogP contribution is 2.36. The molecule has 2 aromatic rings. The second-order valence-electron chi connectivity index (χ2n) is 6.01. The van der Waals surface area contributed by atoms with Gasteiger partial charge in [0, 0.05) is 5.56 Å². The van der Waals surface area contributed by atoms with Crippen LogP contribution in [0.3, 0.4) is 0 Å². The summed E-state index contributed by atoms with van der Waals surface area (Å²) in [7, 11) is 1.55. The minimum atomic E-state index is -0.474. The van der Waals surface area contributed by atoms with Crippen molar-refractivity contribution in [2.75, 3.05) is 27.1 Å². The van der Waals surface area contributed by atoms with Crippen LogP contribution in [-0.4, -0.2) is 45.1 Å². The summed E-state index contributed by atoms with van der Waals surface area (Å²) in [6.45, 7) is 2.23. The number of amides is 2. The van der Waals surface area contributed by atoms with Crippen molar-refractivity contribution in [2.45, 2.75) is 6.92 Å². The molecule has 0 bridgehead atoms. The number of hydrogen-bond donors (Lipinski definition) is 2. The predicted molar refractivity (Wildman–Crippen MR) is 112 cm³/mol. The van der Waals surface area contributed by atoms with E-state index in [0.29, 0.717) is 45.2 Å². The van der Waals surface area contributed by atoms with Crippen molar-refractivity contribution in [3.63, 3.8) is 0 Å². The summed E-state index contributed by atoms with van der Waals surface area (Å²) in [5.74, 6) is 1.32. The van der Waals surface area contributed by atoms with Gasteiger partial charge < -0.3 is 24.3 Å². The molecule has 2 aromatic carbocycles. The van der Waals surface area contributed by atoms with Crippen molar-refractivity contribution in [3.8, 4) is 23.0 Å². The summed E-state index contributed by atoms with van der Waals surface area (Å²) >= 11 is 3.41. The highest BCUT2D eigenvalue weighted by Gasteiger charge is 2.16. The van der Waals surface area contributed by atoms with Crippen LogP contribution < -0.4 is 29.7 Å². The Morgan fingerprint density at radius 1 is 1.23 bits per heavy atom. The molecule has 0 unspecified atom stereocenters. The molecule has 0 fully saturated rings. The minimum Gasteiger partial charge on any atom is -0.492 e. The van der Waals surface area contributed by atoms with E-state index in [1.807, 2.05) is 6.92 Å².